The van der Waals surface area contributed by atoms with Gasteiger partial charge in [-0.15, -0.1) is 0 Å². The average molecular weight is 1560 g/mol. The first kappa shape index (κ1) is 96.9. The standard InChI is InChI=1S/C70H111N15O25/c1-13-34(7)55(84-61(100)42(71)19-25-51(88)89)68(107)75-36(9)57(96)73-38(11)60(99)82-48(30-33(5)6)66(105)78-44(22-27-53(92)93)63(102)83-49(31-40-15-17-41(86)18-16-40)67(106)79-45(23-28-54(94)95)64(103)85-56(35(8)14-2)69(108)76-37(10)58(97)74-39(12)59(98)81-47(29-32(3)4)65(104)77-43(21-26-52(90)91)62(101)80-46(70(109)110)20-24-50(72)87/h15-18,32-39,42-49,55-56,86H,13-14,19-31,71H2,1-12H3,(H2,72,87)(H,73,96)(H,74,97)(H,75,107)(H,76,108)(H,77,104)(H,78,105)(H,79,106)(H,80,101)(H,81,98)(H,82,99)(H,83,102)(H,84,100)(H,85,103)(H,88,89)(H,90,91)(H,92,93)(H,94,95)(H,109,110)/t34-,35-,36-,37-,38-,39-,42-,43-,44-,45-,46-,47-,48-,49-,55-,56-/m0/s1. The lowest BCUT2D eigenvalue weighted by atomic mass is 9.97. The van der Waals surface area contributed by atoms with Crippen LogP contribution in [0, 0.1) is 23.7 Å². The van der Waals surface area contributed by atoms with E-state index in [1.807, 2.05) is 0 Å². The molecule has 0 spiro atoms. The van der Waals surface area contributed by atoms with Crippen molar-refractivity contribution in [2.24, 2.45) is 35.1 Å². The van der Waals surface area contributed by atoms with E-state index in [-0.39, 0.29) is 48.8 Å². The number of aliphatic carboxylic acids is 5. The average Bonchev–Trinajstić information content (AvgIpc) is 0.892. The summed E-state index contributed by atoms with van der Waals surface area (Å²) in [6, 6.07) is -16.2. The number of carbonyl (C=O) groups is 19. The van der Waals surface area contributed by atoms with Gasteiger partial charge in [-0.1, -0.05) is 80.4 Å². The number of rotatable bonds is 52. The fraction of sp³-hybridized carbons (Fsp3) is 0.643. The molecule has 0 aliphatic rings. The maximum absolute atomic E-state index is 14.6. The second-order valence-electron chi connectivity index (χ2n) is 27.9. The molecule has 1 aromatic rings. The summed E-state index contributed by atoms with van der Waals surface area (Å²) in [7, 11) is 0. The molecule has 40 nitrogen and oxygen atoms in total. The van der Waals surface area contributed by atoms with Crippen LogP contribution in [0.4, 0.5) is 0 Å². The van der Waals surface area contributed by atoms with Crippen LogP contribution < -0.4 is 80.6 Å². The Bertz CT molecular complexity index is 3410. The van der Waals surface area contributed by atoms with Crippen molar-refractivity contribution in [1.29, 1.82) is 0 Å². The molecule has 616 valence electrons. The van der Waals surface area contributed by atoms with E-state index >= 15 is 0 Å². The van der Waals surface area contributed by atoms with Gasteiger partial charge in [0.2, 0.25) is 82.7 Å². The van der Waals surface area contributed by atoms with Crippen molar-refractivity contribution >= 4 is 113 Å². The number of carboxylic acid groups (broad SMARTS) is 5. The van der Waals surface area contributed by atoms with Crippen LogP contribution in [0.1, 0.15) is 179 Å². The number of hydrogen-bond acceptors (Lipinski definition) is 21. The number of primary amides is 1. The minimum Gasteiger partial charge on any atom is -0.508 e. The van der Waals surface area contributed by atoms with Crippen molar-refractivity contribution < 1.29 is 122 Å². The predicted octanol–water partition coefficient (Wildman–Crippen LogP) is -3.36. The van der Waals surface area contributed by atoms with E-state index in [2.05, 4.69) is 69.1 Å². The highest BCUT2D eigenvalue weighted by molar-refractivity contribution is 6.00. The van der Waals surface area contributed by atoms with Gasteiger partial charge in [0.25, 0.3) is 0 Å². The van der Waals surface area contributed by atoms with Gasteiger partial charge in [-0.05, 0) is 114 Å². The lowest BCUT2D eigenvalue weighted by Crippen LogP contribution is -2.61. The highest BCUT2D eigenvalue weighted by Crippen LogP contribution is 2.17. The van der Waals surface area contributed by atoms with Gasteiger partial charge in [-0.25, -0.2) is 4.79 Å². The minimum atomic E-state index is -1.82. The second-order valence-corrected chi connectivity index (χ2v) is 27.9. The third-order valence-corrected chi connectivity index (χ3v) is 17.4. The number of amides is 14. The Balaban J connectivity index is 3.55. The van der Waals surface area contributed by atoms with Crippen molar-refractivity contribution in [1.82, 2.24) is 69.1 Å². The highest BCUT2D eigenvalue weighted by atomic mass is 16.4. The molecule has 0 aliphatic heterocycles. The van der Waals surface area contributed by atoms with Gasteiger partial charge < -0.3 is 111 Å². The first-order valence-corrected chi connectivity index (χ1v) is 36.1. The summed E-state index contributed by atoms with van der Waals surface area (Å²) in [4.78, 5) is 250. The largest absolute Gasteiger partial charge is 0.508 e. The van der Waals surface area contributed by atoms with Crippen LogP contribution in [-0.2, 0) is 97.5 Å². The van der Waals surface area contributed by atoms with Gasteiger partial charge in [0.1, 0.15) is 84.3 Å². The smallest absolute Gasteiger partial charge is 0.326 e. The molecule has 1 aromatic carbocycles. The number of aromatic hydroxyl groups is 1. The van der Waals surface area contributed by atoms with Crippen LogP contribution in [0.15, 0.2) is 24.3 Å². The Morgan fingerprint density at radius 1 is 0.327 bits per heavy atom. The third-order valence-electron chi connectivity index (χ3n) is 17.4. The molecule has 0 radical (unpaired) electrons. The van der Waals surface area contributed by atoms with Crippen molar-refractivity contribution in [3.63, 3.8) is 0 Å². The van der Waals surface area contributed by atoms with Gasteiger partial charge in [0.15, 0.2) is 0 Å². The molecule has 1 rings (SSSR count). The van der Waals surface area contributed by atoms with E-state index in [4.69, 9.17) is 16.6 Å². The number of carboxylic acids is 5. The number of nitrogens with one attached hydrogen (secondary N) is 13. The summed E-state index contributed by atoms with van der Waals surface area (Å²) in [5, 5.41) is 89.1. The third kappa shape index (κ3) is 36.7. The fourth-order valence-corrected chi connectivity index (χ4v) is 10.5. The van der Waals surface area contributed by atoms with Crippen LogP contribution in [0.5, 0.6) is 5.75 Å². The summed E-state index contributed by atoms with van der Waals surface area (Å²) in [5.74, 6) is -23.2. The summed E-state index contributed by atoms with van der Waals surface area (Å²) in [6.45, 7) is 18.1. The number of carbonyl (C=O) groups excluding carboxylic acids is 14. The lowest BCUT2D eigenvalue weighted by Gasteiger charge is -2.29. The Hall–Kier alpha value is -11.1. The van der Waals surface area contributed by atoms with Crippen LogP contribution in [0.25, 0.3) is 0 Å². The number of phenolic OH excluding ortho intramolecular Hbond substituents is 1. The van der Waals surface area contributed by atoms with Crippen molar-refractivity contribution in [3.8, 4) is 5.75 Å². The molecule has 0 heterocycles. The van der Waals surface area contributed by atoms with Gasteiger partial charge in [0, 0.05) is 38.5 Å². The van der Waals surface area contributed by atoms with Crippen molar-refractivity contribution in [2.45, 2.75) is 264 Å². The maximum Gasteiger partial charge on any atom is 0.326 e. The predicted molar refractivity (Wildman–Crippen MR) is 389 cm³/mol. The Morgan fingerprint density at radius 3 is 0.927 bits per heavy atom. The first-order chi connectivity index (χ1) is 51.2. The lowest BCUT2D eigenvalue weighted by molar-refractivity contribution is -0.143. The van der Waals surface area contributed by atoms with Crippen LogP contribution in [-0.4, -0.2) is 228 Å². The van der Waals surface area contributed by atoms with Crippen molar-refractivity contribution in [2.75, 3.05) is 0 Å². The van der Waals surface area contributed by atoms with E-state index in [1.165, 1.54) is 58.9 Å². The first-order valence-electron chi connectivity index (χ1n) is 36.1. The zero-order valence-electron chi connectivity index (χ0n) is 63.9. The summed E-state index contributed by atoms with van der Waals surface area (Å²) in [6.07, 6.45) is -5.71. The van der Waals surface area contributed by atoms with Gasteiger partial charge in [0.05, 0.1) is 6.04 Å². The van der Waals surface area contributed by atoms with Gasteiger partial charge in [-0.2, -0.15) is 0 Å². The topological polar surface area (TPSA) is 654 Å². The molecule has 14 amide bonds. The summed E-state index contributed by atoms with van der Waals surface area (Å²) in [5.41, 5.74) is 11.2. The molecule has 23 N–H and O–H groups in total. The molecule has 0 fully saturated rings. The molecule has 40 heteroatoms. The number of phenols is 1. The Morgan fingerprint density at radius 2 is 0.600 bits per heavy atom. The normalized spacial score (nSPS) is 15.5. The number of hydrogen-bond donors (Lipinski definition) is 21. The fourth-order valence-electron chi connectivity index (χ4n) is 10.5. The highest BCUT2D eigenvalue weighted by Gasteiger charge is 2.38. The van der Waals surface area contributed by atoms with E-state index in [9.17, 15) is 117 Å². The van der Waals surface area contributed by atoms with Crippen molar-refractivity contribution in [3.05, 3.63) is 29.8 Å². The SMILES string of the molecule is CC[C@H](C)[C@H](NC(=O)[C@H](CCC(=O)O)NC(=O)[C@H](Cc1ccc(O)cc1)NC(=O)[C@H](CCC(=O)O)NC(=O)[C@H](CC(C)C)NC(=O)[C@H](C)NC(=O)[C@H](C)NC(=O)[C@@H](NC(=O)[C@@H](N)CCC(=O)O)[C@@H](C)CC)C(=O)N[C@@H](C)C(=O)N[C@@H](C)C(=O)N[C@@H](CC(C)C)C(=O)N[C@@H](CCC(=O)O)C(=O)N[C@@H](CCC(N)=O)C(=O)O. The second kappa shape index (κ2) is 48.3. The number of benzene rings is 1. The molecule has 110 heavy (non-hydrogen) atoms. The quantitative estimate of drug-likeness (QED) is 0.0303. The summed E-state index contributed by atoms with van der Waals surface area (Å²) < 4.78 is 0. The van der Waals surface area contributed by atoms with E-state index in [0.29, 0.717) is 6.42 Å². The zero-order chi connectivity index (χ0) is 84.1. The molecular weight excluding hydrogens is 1450 g/mol. The van der Waals surface area contributed by atoms with Gasteiger partial charge >= 0.3 is 29.8 Å². The van der Waals surface area contributed by atoms with E-state index < -0.39 is 273 Å². The number of nitrogens with two attached hydrogens (primary N) is 2. The molecule has 0 bridgehead atoms. The molecule has 0 saturated carbocycles. The molecule has 0 saturated heterocycles. The minimum absolute atomic E-state index is 0.0904. The Kier molecular flexibility index (Phi) is 42.6. The molecule has 0 aromatic heterocycles. The Labute approximate surface area is 635 Å². The zero-order valence-corrected chi connectivity index (χ0v) is 63.9. The molecular formula is C70H111N15O25. The van der Waals surface area contributed by atoms with Crippen LogP contribution in [0.3, 0.4) is 0 Å². The summed E-state index contributed by atoms with van der Waals surface area (Å²) >= 11 is 0. The molecule has 16 atom stereocenters. The van der Waals surface area contributed by atoms with Crippen LogP contribution >= 0.6 is 0 Å². The van der Waals surface area contributed by atoms with Gasteiger partial charge in [-0.3, -0.25) is 86.3 Å². The van der Waals surface area contributed by atoms with E-state index in [1.54, 1.807) is 48.5 Å². The monoisotopic (exact) mass is 1560 g/mol. The van der Waals surface area contributed by atoms with Crippen LogP contribution in [0.2, 0.25) is 0 Å². The molecule has 0 unspecified atom stereocenters. The van der Waals surface area contributed by atoms with E-state index in [0.717, 1.165) is 0 Å². The maximum atomic E-state index is 14.6. The molecule has 0 aliphatic carbocycles.